The van der Waals surface area contributed by atoms with Crippen molar-refractivity contribution in [2.45, 2.75) is 18.9 Å². The van der Waals surface area contributed by atoms with Gasteiger partial charge in [-0.05, 0) is 37.1 Å². The Morgan fingerprint density at radius 1 is 1.38 bits per heavy atom. The molecule has 1 amide bonds. The summed E-state index contributed by atoms with van der Waals surface area (Å²) in [6.45, 7) is 3.44. The van der Waals surface area contributed by atoms with Gasteiger partial charge < -0.3 is 10.1 Å². The number of hydrogen-bond donors (Lipinski definition) is 2. The van der Waals surface area contributed by atoms with Crippen molar-refractivity contribution in [2.75, 3.05) is 33.4 Å². The van der Waals surface area contributed by atoms with Crippen LogP contribution in [-0.2, 0) is 4.74 Å². The minimum atomic E-state index is -0.0210. The first kappa shape index (κ1) is 16.7. The second kappa shape index (κ2) is 8.08. The number of methoxy groups -OCH3 is 1. The van der Waals surface area contributed by atoms with E-state index in [0.717, 1.165) is 37.2 Å². The van der Waals surface area contributed by atoms with Crippen LogP contribution in [0.5, 0.6) is 0 Å². The first-order chi connectivity index (χ1) is 11.8. The van der Waals surface area contributed by atoms with E-state index in [0.29, 0.717) is 18.2 Å². The molecule has 0 aliphatic carbocycles. The second-order valence-electron chi connectivity index (χ2n) is 6.10. The smallest absolute Gasteiger partial charge is 0.251 e. The first-order valence-corrected chi connectivity index (χ1v) is 8.38. The normalized spacial score (nSPS) is 18.0. The Labute approximate surface area is 142 Å². The fourth-order valence-electron chi connectivity index (χ4n) is 3.16. The summed E-state index contributed by atoms with van der Waals surface area (Å²) in [6, 6.07) is 8.01. The topological polar surface area (TPSA) is 70.2 Å². The predicted octanol–water partition coefficient (Wildman–Crippen LogP) is 1.92. The highest BCUT2D eigenvalue weighted by molar-refractivity contribution is 5.94. The number of nitrogens with zero attached hydrogens (tertiary/aromatic N) is 2. The number of carbonyl (C=O) groups is 1. The number of benzene rings is 1. The van der Waals surface area contributed by atoms with Gasteiger partial charge in [0.1, 0.15) is 0 Å². The molecule has 1 fully saturated rings. The molecule has 1 aliphatic heterocycles. The van der Waals surface area contributed by atoms with Crippen LogP contribution in [0.1, 0.15) is 23.2 Å². The van der Waals surface area contributed by atoms with Crippen molar-refractivity contribution in [3.05, 3.63) is 42.2 Å². The Kier molecular flexibility index (Phi) is 5.61. The molecule has 1 atom stereocenters. The zero-order valence-electron chi connectivity index (χ0n) is 14.0. The maximum absolute atomic E-state index is 12.3. The molecular formula is C18H24N4O2. The summed E-state index contributed by atoms with van der Waals surface area (Å²) in [4.78, 5) is 14.7. The van der Waals surface area contributed by atoms with E-state index in [-0.39, 0.29) is 5.91 Å². The standard InChI is InChI=1S/C18H24N4O2/c1-24-10-9-22-8-2-3-17(22)13-19-18(23)15-6-4-14(5-7-15)16-11-20-21-12-16/h4-7,11-12,17H,2-3,8-10,13H2,1H3,(H,19,23)(H,20,21). The third-order valence-corrected chi connectivity index (χ3v) is 4.56. The predicted molar refractivity (Wildman–Crippen MR) is 92.8 cm³/mol. The Balaban J connectivity index is 1.53. The highest BCUT2D eigenvalue weighted by Crippen LogP contribution is 2.18. The summed E-state index contributed by atoms with van der Waals surface area (Å²) in [5.41, 5.74) is 2.74. The van der Waals surface area contributed by atoms with Crippen LogP contribution >= 0.6 is 0 Å². The fourth-order valence-corrected chi connectivity index (χ4v) is 3.16. The number of amides is 1. The molecule has 1 aromatic heterocycles. The van der Waals surface area contributed by atoms with E-state index in [1.807, 2.05) is 30.5 Å². The molecule has 3 rings (SSSR count). The van der Waals surface area contributed by atoms with E-state index >= 15 is 0 Å². The van der Waals surface area contributed by atoms with Crippen molar-refractivity contribution < 1.29 is 9.53 Å². The van der Waals surface area contributed by atoms with Crippen LogP contribution in [0, 0.1) is 0 Å². The number of aromatic nitrogens is 2. The van der Waals surface area contributed by atoms with Crippen LogP contribution in [0.4, 0.5) is 0 Å². The van der Waals surface area contributed by atoms with Gasteiger partial charge in [0, 0.05) is 43.6 Å². The first-order valence-electron chi connectivity index (χ1n) is 8.38. The van der Waals surface area contributed by atoms with Crippen LogP contribution in [0.25, 0.3) is 11.1 Å². The van der Waals surface area contributed by atoms with Gasteiger partial charge in [0.25, 0.3) is 5.91 Å². The molecule has 6 heteroatoms. The molecule has 128 valence electrons. The third-order valence-electron chi connectivity index (χ3n) is 4.56. The second-order valence-corrected chi connectivity index (χ2v) is 6.10. The molecule has 1 unspecified atom stereocenters. The third kappa shape index (κ3) is 4.01. The summed E-state index contributed by atoms with van der Waals surface area (Å²) < 4.78 is 5.15. The van der Waals surface area contributed by atoms with E-state index in [4.69, 9.17) is 4.74 Å². The van der Waals surface area contributed by atoms with Gasteiger partial charge in [-0.15, -0.1) is 0 Å². The average molecular weight is 328 g/mol. The maximum Gasteiger partial charge on any atom is 0.251 e. The average Bonchev–Trinajstić information content (AvgIpc) is 3.29. The molecular weight excluding hydrogens is 304 g/mol. The van der Waals surface area contributed by atoms with Crippen LogP contribution in [0.3, 0.4) is 0 Å². The van der Waals surface area contributed by atoms with Crippen molar-refractivity contribution in [1.82, 2.24) is 20.4 Å². The Morgan fingerprint density at radius 2 is 2.21 bits per heavy atom. The Bertz CT molecular complexity index is 640. The molecule has 0 saturated carbocycles. The maximum atomic E-state index is 12.3. The molecule has 2 aromatic rings. The van der Waals surface area contributed by atoms with Crippen LogP contribution < -0.4 is 5.32 Å². The van der Waals surface area contributed by atoms with Crippen LogP contribution in [0.2, 0.25) is 0 Å². The van der Waals surface area contributed by atoms with Crippen molar-refractivity contribution in [3.8, 4) is 11.1 Å². The number of aromatic amines is 1. The number of hydrogen-bond acceptors (Lipinski definition) is 4. The van der Waals surface area contributed by atoms with Crippen LogP contribution in [0.15, 0.2) is 36.7 Å². The van der Waals surface area contributed by atoms with Gasteiger partial charge in [-0.25, -0.2) is 0 Å². The summed E-state index contributed by atoms with van der Waals surface area (Å²) in [5, 5.41) is 9.79. The van der Waals surface area contributed by atoms with Gasteiger partial charge in [0.2, 0.25) is 0 Å². The van der Waals surface area contributed by atoms with E-state index in [1.54, 1.807) is 13.3 Å². The molecule has 2 heterocycles. The number of likely N-dealkylation sites (tertiary alicyclic amines) is 1. The van der Waals surface area contributed by atoms with Gasteiger partial charge in [-0.1, -0.05) is 12.1 Å². The molecule has 0 spiro atoms. The number of carbonyl (C=O) groups excluding carboxylic acids is 1. The van der Waals surface area contributed by atoms with Crippen molar-refractivity contribution >= 4 is 5.91 Å². The summed E-state index contributed by atoms with van der Waals surface area (Å²) in [6.07, 6.45) is 5.92. The van der Waals surface area contributed by atoms with Crippen molar-refractivity contribution in [1.29, 1.82) is 0 Å². The largest absolute Gasteiger partial charge is 0.383 e. The number of rotatable bonds is 7. The van der Waals surface area contributed by atoms with Crippen LogP contribution in [-0.4, -0.2) is 60.4 Å². The molecule has 24 heavy (non-hydrogen) atoms. The summed E-state index contributed by atoms with van der Waals surface area (Å²) in [5.74, 6) is -0.0210. The van der Waals surface area contributed by atoms with Gasteiger partial charge in [-0.2, -0.15) is 5.10 Å². The van der Waals surface area contributed by atoms with Gasteiger partial charge in [0.05, 0.1) is 12.8 Å². The lowest BCUT2D eigenvalue weighted by atomic mass is 10.1. The highest BCUT2D eigenvalue weighted by Gasteiger charge is 2.24. The Hall–Kier alpha value is -2.18. The van der Waals surface area contributed by atoms with Gasteiger partial charge >= 0.3 is 0 Å². The van der Waals surface area contributed by atoms with Crippen molar-refractivity contribution in [2.24, 2.45) is 0 Å². The molecule has 6 nitrogen and oxygen atoms in total. The molecule has 0 radical (unpaired) electrons. The lowest BCUT2D eigenvalue weighted by Crippen LogP contribution is -2.41. The lowest BCUT2D eigenvalue weighted by Gasteiger charge is -2.24. The fraction of sp³-hybridized carbons (Fsp3) is 0.444. The number of nitrogens with one attached hydrogen (secondary N) is 2. The van der Waals surface area contributed by atoms with Gasteiger partial charge in [0.15, 0.2) is 0 Å². The monoisotopic (exact) mass is 328 g/mol. The molecule has 2 N–H and O–H groups in total. The number of H-pyrrole nitrogens is 1. The van der Waals surface area contributed by atoms with Crippen molar-refractivity contribution in [3.63, 3.8) is 0 Å². The zero-order chi connectivity index (χ0) is 16.8. The highest BCUT2D eigenvalue weighted by atomic mass is 16.5. The van der Waals surface area contributed by atoms with E-state index in [9.17, 15) is 4.79 Å². The number of ether oxygens (including phenoxy) is 1. The van der Waals surface area contributed by atoms with E-state index in [2.05, 4.69) is 20.4 Å². The zero-order valence-corrected chi connectivity index (χ0v) is 14.0. The SMILES string of the molecule is COCCN1CCCC1CNC(=O)c1ccc(-c2cn[nH]c2)cc1. The minimum Gasteiger partial charge on any atom is -0.383 e. The van der Waals surface area contributed by atoms with E-state index in [1.165, 1.54) is 6.42 Å². The molecule has 1 aliphatic rings. The molecule has 1 aromatic carbocycles. The Morgan fingerprint density at radius 3 is 2.92 bits per heavy atom. The lowest BCUT2D eigenvalue weighted by molar-refractivity contribution is 0.0933. The summed E-state index contributed by atoms with van der Waals surface area (Å²) >= 11 is 0. The quantitative estimate of drug-likeness (QED) is 0.815. The summed E-state index contributed by atoms with van der Waals surface area (Å²) in [7, 11) is 1.72. The van der Waals surface area contributed by atoms with E-state index < -0.39 is 0 Å². The molecule has 0 bridgehead atoms. The van der Waals surface area contributed by atoms with Gasteiger partial charge in [-0.3, -0.25) is 14.8 Å². The minimum absolute atomic E-state index is 0.0210. The molecule has 1 saturated heterocycles.